The number of likely N-dealkylation sites (tertiary alicyclic amines) is 1. The summed E-state index contributed by atoms with van der Waals surface area (Å²) in [4.78, 5) is 2.48. The van der Waals surface area contributed by atoms with E-state index in [2.05, 4.69) is 25.8 Å². The molecule has 15 heavy (non-hydrogen) atoms. The molecular weight excluding hydrogens is 182 g/mol. The van der Waals surface area contributed by atoms with Crippen LogP contribution in [0.15, 0.2) is 0 Å². The monoisotopic (exact) mass is 211 g/mol. The largest absolute Gasteiger partial charge is 0.306 e. The van der Waals surface area contributed by atoms with Gasteiger partial charge in [0, 0.05) is 0 Å². The number of hydrogen-bond donors (Lipinski definition) is 0. The Labute approximate surface area is 96.2 Å². The van der Waals surface area contributed by atoms with Crippen molar-refractivity contribution in [3.8, 4) is 0 Å². The molecule has 1 heterocycles. The van der Waals surface area contributed by atoms with Gasteiger partial charge in [-0.3, -0.25) is 0 Å². The average molecular weight is 211 g/mol. The zero-order chi connectivity index (χ0) is 11.5. The molecule has 1 saturated heterocycles. The van der Waals surface area contributed by atoms with Crippen molar-refractivity contribution in [2.24, 2.45) is 17.3 Å². The Hall–Kier alpha value is -0.0400. The van der Waals surface area contributed by atoms with Crippen LogP contribution < -0.4 is 0 Å². The third-order valence-corrected chi connectivity index (χ3v) is 4.51. The van der Waals surface area contributed by atoms with Crippen molar-refractivity contribution in [3.63, 3.8) is 0 Å². The lowest BCUT2D eigenvalue weighted by Gasteiger charge is -2.36. The fourth-order valence-corrected chi connectivity index (χ4v) is 3.18. The van der Waals surface area contributed by atoms with E-state index < -0.39 is 0 Å². The van der Waals surface area contributed by atoms with Gasteiger partial charge in [-0.05, 0) is 63.1 Å². The van der Waals surface area contributed by atoms with E-state index >= 15 is 0 Å². The molecule has 0 N–H and O–H groups in total. The zero-order valence-corrected chi connectivity index (χ0v) is 11.3. The van der Waals surface area contributed by atoms with E-state index in [1.165, 1.54) is 38.8 Å². The van der Waals surface area contributed by atoms with Crippen molar-refractivity contribution in [2.45, 2.75) is 53.4 Å². The van der Waals surface area contributed by atoms with Crippen molar-refractivity contribution in [1.29, 1.82) is 0 Å². The lowest BCUT2D eigenvalue weighted by Crippen LogP contribution is -2.35. The maximum atomic E-state index is 2.48. The second kappa shape index (κ2) is 5.34. The summed E-state index contributed by atoms with van der Waals surface area (Å²) in [6.07, 6.45) is 5.93. The SMILES string of the molecule is CC.CC(C)C1(C2CCN(C)CC2)CC1. The van der Waals surface area contributed by atoms with Crippen molar-refractivity contribution in [3.05, 3.63) is 0 Å². The Kier molecular flexibility index (Phi) is 4.64. The van der Waals surface area contributed by atoms with Crippen molar-refractivity contribution in [1.82, 2.24) is 4.90 Å². The molecule has 0 bridgehead atoms. The smallest absolute Gasteiger partial charge is 0.00189 e. The van der Waals surface area contributed by atoms with E-state index in [1.807, 2.05) is 13.8 Å². The zero-order valence-electron chi connectivity index (χ0n) is 11.3. The van der Waals surface area contributed by atoms with Gasteiger partial charge in [-0.1, -0.05) is 27.7 Å². The molecule has 1 heteroatoms. The summed E-state index contributed by atoms with van der Waals surface area (Å²) < 4.78 is 0. The third-order valence-electron chi connectivity index (χ3n) is 4.51. The number of piperidine rings is 1. The summed E-state index contributed by atoms with van der Waals surface area (Å²) in [6, 6.07) is 0. The standard InChI is InChI=1S/C12H23N.C2H6/c1-10(2)12(6-7-12)11-4-8-13(3)9-5-11;1-2/h10-11H,4-9H2,1-3H3;1-2H3. The minimum atomic E-state index is 0.779. The van der Waals surface area contributed by atoms with Crippen molar-refractivity contribution < 1.29 is 0 Å². The molecule has 1 aliphatic carbocycles. The summed E-state index contributed by atoms with van der Waals surface area (Å²) in [5.41, 5.74) is 0.779. The molecule has 2 aliphatic rings. The Morgan fingerprint density at radius 1 is 1.07 bits per heavy atom. The molecule has 0 radical (unpaired) electrons. The molecule has 1 nitrogen and oxygen atoms in total. The molecule has 1 aliphatic heterocycles. The predicted octanol–water partition coefficient (Wildman–Crippen LogP) is 3.79. The molecule has 0 atom stereocenters. The highest BCUT2D eigenvalue weighted by Crippen LogP contribution is 2.59. The first-order valence-electron chi connectivity index (χ1n) is 6.84. The van der Waals surface area contributed by atoms with Crippen LogP contribution >= 0.6 is 0 Å². The second-order valence-corrected chi connectivity index (χ2v) is 5.47. The van der Waals surface area contributed by atoms with Crippen LogP contribution in [0, 0.1) is 17.3 Å². The van der Waals surface area contributed by atoms with Crippen LogP contribution in [0.1, 0.15) is 53.4 Å². The van der Waals surface area contributed by atoms with E-state index in [0.29, 0.717) is 0 Å². The van der Waals surface area contributed by atoms with Gasteiger partial charge in [-0.15, -0.1) is 0 Å². The van der Waals surface area contributed by atoms with Gasteiger partial charge in [0.1, 0.15) is 0 Å². The Morgan fingerprint density at radius 3 is 1.87 bits per heavy atom. The van der Waals surface area contributed by atoms with E-state index in [1.54, 1.807) is 0 Å². The van der Waals surface area contributed by atoms with E-state index in [9.17, 15) is 0 Å². The van der Waals surface area contributed by atoms with E-state index in [0.717, 1.165) is 17.3 Å². The van der Waals surface area contributed by atoms with Crippen LogP contribution in [0.5, 0.6) is 0 Å². The fourth-order valence-electron chi connectivity index (χ4n) is 3.18. The lowest BCUT2D eigenvalue weighted by molar-refractivity contribution is 0.126. The van der Waals surface area contributed by atoms with Crippen molar-refractivity contribution >= 4 is 0 Å². The molecule has 2 fully saturated rings. The van der Waals surface area contributed by atoms with Gasteiger partial charge in [0.25, 0.3) is 0 Å². The van der Waals surface area contributed by atoms with Crippen LogP contribution in [0.25, 0.3) is 0 Å². The Bertz CT molecular complexity index is 174. The maximum absolute atomic E-state index is 2.48. The highest BCUT2D eigenvalue weighted by molar-refractivity contribution is 5.01. The summed E-state index contributed by atoms with van der Waals surface area (Å²) in [7, 11) is 2.26. The van der Waals surface area contributed by atoms with Crippen molar-refractivity contribution in [2.75, 3.05) is 20.1 Å². The van der Waals surface area contributed by atoms with Crippen LogP contribution in [0.2, 0.25) is 0 Å². The third kappa shape index (κ3) is 2.75. The number of nitrogens with zero attached hydrogens (tertiary/aromatic N) is 1. The molecule has 90 valence electrons. The molecule has 0 unspecified atom stereocenters. The van der Waals surface area contributed by atoms with Gasteiger partial charge in [0.15, 0.2) is 0 Å². The van der Waals surface area contributed by atoms with Gasteiger partial charge in [0.2, 0.25) is 0 Å². The highest BCUT2D eigenvalue weighted by atomic mass is 15.1. The van der Waals surface area contributed by atoms with Crippen LogP contribution in [-0.2, 0) is 0 Å². The fraction of sp³-hybridized carbons (Fsp3) is 1.00. The maximum Gasteiger partial charge on any atom is -0.00189 e. The number of hydrogen-bond acceptors (Lipinski definition) is 1. The molecule has 0 aromatic rings. The minimum absolute atomic E-state index is 0.779. The van der Waals surface area contributed by atoms with Crippen LogP contribution in [-0.4, -0.2) is 25.0 Å². The summed E-state index contributed by atoms with van der Waals surface area (Å²) >= 11 is 0. The highest BCUT2D eigenvalue weighted by Gasteiger charge is 2.51. The molecule has 0 aromatic heterocycles. The predicted molar refractivity (Wildman–Crippen MR) is 68.1 cm³/mol. The molecule has 0 aromatic carbocycles. The second-order valence-electron chi connectivity index (χ2n) is 5.47. The van der Waals surface area contributed by atoms with Gasteiger partial charge in [-0.2, -0.15) is 0 Å². The quantitative estimate of drug-likeness (QED) is 0.671. The molecule has 2 rings (SSSR count). The average Bonchev–Trinajstić information content (AvgIpc) is 3.03. The lowest BCUT2D eigenvalue weighted by atomic mass is 9.75. The van der Waals surface area contributed by atoms with Gasteiger partial charge >= 0.3 is 0 Å². The van der Waals surface area contributed by atoms with Gasteiger partial charge in [0.05, 0.1) is 0 Å². The molecule has 0 spiro atoms. The summed E-state index contributed by atoms with van der Waals surface area (Å²) in [5, 5.41) is 0. The summed E-state index contributed by atoms with van der Waals surface area (Å²) in [6.45, 7) is 11.5. The summed E-state index contributed by atoms with van der Waals surface area (Å²) in [5.74, 6) is 1.96. The number of rotatable bonds is 2. The van der Waals surface area contributed by atoms with E-state index in [-0.39, 0.29) is 0 Å². The minimum Gasteiger partial charge on any atom is -0.306 e. The first-order valence-corrected chi connectivity index (χ1v) is 6.84. The van der Waals surface area contributed by atoms with Crippen LogP contribution in [0.3, 0.4) is 0 Å². The topological polar surface area (TPSA) is 3.24 Å². The first-order chi connectivity index (χ1) is 7.15. The van der Waals surface area contributed by atoms with E-state index in [4.69, 9.17) is 0 Å². The van der Waals surface area contributed by atoms with Crippen LogP contribution in [0.4, 0.5) is 0 Å². The Morgan fingerprint density at radius 2 is 1.53 bits per heavy atom. The van der Waals surface area contributed by atoms with Gasteiger partial charge < -0.3 is 4.90 Å². The Balaban J connectivity index is 0.000000531. The molecule has 1 saturated carbocycles. The normalized spacial score (nSPS) is 26.0. The molecule has 0 amide bonds. The molecular formula is C14H29N. The first kappa shape index (κ1) is 13.0. The van der Waals surface area contributed by atoms with Gasteiger partial charge in [-0.25, -0.2) is 0 Å².